The maximum atomic E-state index is 13.8. The van der Waals surface area contributed by atoms with Gasteiger partial charge >= 0.3 is 0 Å². The van der Waals surface area contributed by atoms with Gasteiger partial charge in [0, 0.05) is 12.6 Å². The van der Waals surface area contributed by atoms with Crippen molar-refractivity contribution >= 4 is 27.5 Å². The summed E-state index contributed by atoms with van der Waals surface area (Å²) >= 11 is 0. The number of nitrogens with one attached hydrogen (secondary N) is 1. The first kappa shape index (κ1) is 31.1. The summed E-state index contributed by atoms with van der Waals surface area (Å²) in [6.07, 6.45) is 6.25. The number of amides is 2. The molecule has 1 fully saturated rings. The lowest BCUT2D eigenvalue weighted by molar-refractivity contribution is -0.139. The molecule has 1 aliphatic rings. The van der Waals surface area contributed by atoms with E-state index in [-0.39, 0.29) is 18.5 Å². The third-order valence-electron chi connectivity index (χ3n) is 7.64. The van der Waals surface area contributed by atoms with Gasteiger partial charge in [0.25, 0.3) is 0 Å². The molecule has 0 radical (unpaired) electrons. The predicted molar refractivity (Wildman–Crippen MR) is 166 cm³/mol. The molecule has 3 aromatic rings. The van der Waals surface area contributed by atoms with Crippen molar-refractivity contribution in [2.75, 3.05) is 17.1 Å². The summed E-state index contributed by atoms with van der Waals surface area (Å²) in [5.41, 5.74) is 3.30. The molecule has 0 bridgehead atoms. The number of rotatable bonds is 12. The van der Waals surface area contributed by atoms with Gasteiger partial charge in [-0.2, -0.15) is 0 Å². The normalized spacial score (nSPS) is 14.5. The molecule has 1 unspecified atom stereocenters. The van der Waals surface area contributed by atoms with Crippen LogP contribution in [0.4, 0.5) is 5.69 Å². The summed E-state index contributed by atoms with van der Waals surface area (Å²) in [5.74, 6) is -0.110. The molecule has 0 saturated heterocycles. The fourth-order valence-corrected chi connectivity index (χ4v) is 5.95. The van der Waals surface area contributed by atoms with E-state index in [1.165, 1.54) is 11.3 Å². The number of hydrogen-bond acceptors (Lipinski definition) is 5. The maximum Gasteiger partial charge on any atom is 0.244 e. The monoisotopic (exact) mass is 591 g/mol. The van der Waals surface area contributed by atoms with Crippen LogP contribution in [0.15, 0.2) is 78.9 Å². The van der Waals surface area contributed by atoms with E-state index in [0.29, 0.717) is 18.0 Å². The molecule has 1 aliphatic carbocycles. The SMILES string of the molecule is Cc1ccc(CN(C(=O)CN(c2ccc(OCc3ccccc3)cc2)S(C)(=O)=O)C(C)C(=O)NC2CCCCC2)cc1. The lowest BCUT2D eigenvalue weighted by atomic mass is 9.95. The molecular formula is C33H41N3O5S. The topological polar surface area (TPSA) is 96.0 Å². The fourth-order valence-electron chi connectivity index (χ4n) is 5.10. The molecule has 4 rings (SSSR count). The highest BCUT2D eigenvalue weighted by atomic mass is 32.2. The van der Waals surface area contributed by atoms with E-state index in [2.05, 4.69) is 5.32 Å². The van der Waals surface area contributed by atoms with Gasteiger partial charge < -0.3 is 15.0 Å². The van der Waals surface area contributed by atoms with E-state index in [1.807, 2.05) is 61.5 Å². The maximum absolute atomic E-state index is 13.8. The average molecular weight is 592 g/mol. The molecule has 8 nitrogen and oxygen atoms in total. The van der Waals surface area contributed by atoms with Crippen molar-refractivity contribution in [2.24, 2.45) is 0 Å². The van der Waals surface area contributed by atoms with Crippen molar-refractivity contribution in [3.8, 4) is 5.75 Å². The number of carbonyl (C=O) groups is 2. The zero-order chi connectivity index (χ0) is 30.1. The van der Waals surface area contributed by atoms with Crippen LogP contribution in [0.1, 0.15) is 55.7 Å². The van der Waals surface area contributed by atoms with Crippen molar-refractivity contribution in [3.05, 3.63) is 95.6 Å². The second kappa shape index (κ2) is 14.4. The first-order chi connectivity index (χ1) is 20.1. The third-order valence-corrected chi connectivity index (χ3v) is 8.79. The van der Waals surface area contributed by atoms with Crippen LogP contribution in [0.25, 0.3) is 0 Å². The predicted octanol–water partition coefficient (Wildman–Crippen LogP) is 5.21. The van der Waals surface area contributed by atoms with Crippen molar-refractivity contribution in [2.45, 2.75) is 71.2 Å². The highest BCUT2D eigenvalue weighted by Gasteiger charge is 2.31. The van der Waals surface area contributed by atoms with Gasteiger partial charge in [-0.3, -0.25) is 13.9 Å². The van der Waals surface area contributed by atoms with Gasteiger partial charge in [0.2, 0.25) is 21.8 Å². The first-order valence-corrected chi connectivity index (χ1v) is 16.3. The van der Waals surface area contributed by atoms with Gasteiger partial charge in [0.05, 0.1) is 11.9 Å². The Balaban J connectivity index is 1.51. The molecule has 0 heterocycles. The van der Waals surface area contributed by atoms with Gasteiger partial charge in [-0.1, -0.05) is 79.4 Å². The van der Waals surface area contributed by atoms with Crippen molar-refractivity contribution in [1.29, 1.82) is 0 Å². The van der Waals surface area contributed by atoms with Crippen LogP contribution in [0.3, 0.4) is 0 Å². The number of anilines is 1. The van der Waals surface area contributed by atoms with Crippen molar-refractivity contribution < 1.29 is 22.7 Å². The molecule has 224 valence electrons. The van der Waals surface area contributed by atoms with E-state index in [1.54, 1.807) is 31.2 Å². The molecule has 0 spiro atoms. The smallest absolute Gasteiger partial charge is 0.244 e. The van der Waals surface area contributed by atoms with Gasteiger partial charge in [-0.25, -0.2) is 8.42 Å². The molecular weight excluding hydrogens is 550 g/mol. The van der Waals surface area contributed by atoms with E-state index in [4.69, 9.17) is 4.74 Å². The van der Waals surface area contributed by atoms with Gasteiger partial charge in [-0.15, -0.1) is 0 Å². The Morgan fingerprint density at radius 1 is 0.905 bits per heavy atom. The fraction of sp³-hybridized carbons (Fsp3) is 0.394. The van der Waals surface area contributed by atoms with Gasteiger partial charge in [0.1, 0.15) is 24.9 Å². The van der Waals surface area contributed by atoms with E-state index < -0.39 is 28.5 Å². The Morgan fingerprint density at radius 3 is 2.17 bits per heavy atom. The summed E-state index contributed by atoms with van der Waals surface area (Å²) in [5, 5.41) is 3.12. The van der Waals surface area contributed by atoms with E-state index in [9.17, 15) is 18.0 Å². The minimum absolute atomic E-state index is 0.0974. The van der Waals surface area contributed by atoms with Crippen LogP contribution in [-0.4, -0.2) is 50.0 Å². The number of carbonyl (C=O) groups excluding carboxylic acids is 2. The molecule has 3 aromatic carbocycles. The zero-order valence-electron chi connectivity index (χ0n) is 24.7. The van der Waals surface area contributed by atoms with Crippen molar-refractivity contribution in [1.82, 2.24) is 10.2 Å². The lowest BCUT2D eigenvalue weighted by Crippen LogP contribution is -2.52. The summed E-state index contributed by atoms with van der Waals surface area (Å²) < 4.78 is 32.7. The quantitative estimate of drug-likeness (QED) is 0.312. The number of benzene rings is 3. The Hall–Kier alpha value is -3.85. The molecule has 2 amide bonds. The number of nitrogens with zero attached hydrogens (tertiary/aromatic N) is 2. The van der Waals surface area contributed by atoms with Crippen LogP contribution in [0, 0.1) is 6.92 Å². The number of sulfonamides is 1. The molecule has 1 saturated carbocycles. The van der Waals surface area contributed by atoms with Crippen LogP contribution in [-0.2, 0) is 32.8 Å². The first-order valence-electron chi connectivity index (χ1n) is 14.5. The highest BCUT2D eigenvalue weighted by molar-refractivity contribution is 7.92. The second-order valence-corrected chi connectivity index (χ2v) is 13.0. The average Bonchev–Trinajstić information content (AvgIpc) is 2.99. The van der Waals surface area contributed by atoms with Crippen LogP contribution in [0.5, 0.6) is 5.75 Å². The molecule has 9 heteroatoms. The number of hydrogen-bond donors (Lipinski definition) is 1. The van der Waals surface area contributed by atoms with E-state index >= 15 is 0 Å². The third kappa shape index (κ3) is 8.82. The second-order valence-electron chi connectivity index (χ2n) is 11.1. The molecule has 0 aromatic heterocycles. The Bertz CT molecular complexity index is 1420. The van der Waals surface area contributed by atoms with Crippen molar-refractivity contribution in [3.63, 3.8) is 0 Å². The lowest BCUT2D eigenvalue weighted by Gasteiger charge is -2.33. The van der Waals surface area contributed by atoms with E-state index in [0.717, 1.165) is 52.9 Å². The zero-order valence-corrected chi connectivity index (χ0v) is 25.5. The Labute approximate surface area is 249 Å². The summed E-state index contributed by atoms with van der Waals surface area (Å²) in [6.45, 7) is 3.81. The highest BCUT2D eigenvalue weighted by Crippen LogP contribution is 2.24. The molecule has 1 N–H and O–H groups in total. The molecule has 42 heavy (non-hydrogen) atoms. The largest absolute Gasteiger partial charge is 0.489 e. The minimum atomic E-state index is -3.82. The number of ether oxygens (including phenoxy) is 1. The molecule has 1 atom stereocenters. The van der Waals surface area contributed by atoms with Crippen LogP contribution >= 0.6 is 0 Å². The summed E-state index contributed by atoms with van der Waals surface area (Å²) in [6, 6.07) is 23.4. The van der Waals surface area contributed by atoms with Gasteiger partial charge in [0.15, 0.2) is 0 Å². The Kier molecular flexibility index (Phi) is 10.6. The minimum Gasteiger partial charge on any atom is -0.489 e. The number of aryl methyl sites for hydroxylation is 1. The molecule has 0 aliphatic heterocycles. The van der Waals surface area contributed by atoms with Crippen LogP contribution < -0.4 is 14.4 Å². The standard InChI is InChI=1S/C33H41N3O5S/c1-25-14-16-27(17-15-25)22-35(26(2)33(38)34-29-12-8-5-9-13-29)32(37)23-36(42(3,39)40)30-18-20-31(21-19-30)41-24-28-10-6-4-7-11-28/h4,6-7,10-11,14-21,26,29H,5,8-9,12-13,22-24H2,1-3H3,(H,34,38). The van der Waals surface area contributed by atoms with Crippen LogP contribution in [0.2, 0.25) is 0 Å². The Morgan fingerprint density at radius 2 is 1.55 bits per heavy atom. The van der Waals surface area contributed by atoms with Gasteiger partial charge in [-0.05, 0) is 62.1 Å². The summed E-state index contributed by atoms with van der Waals surface area (Å²) in [7, 11) is -3.82. The summed E-state index contributed by atoms with van der Waals surface area (Å²) in [4.78, 5) is 28.6.